The molecule has 2 N–H and O–H groups in total. The summed E-state index contributed by atoms with van der Waals surface area (Å²) in [4.78, 5) is 14.1. The van der Waals surface area contributed by atoms with Gasteiger partial charge in [0.25, 0.3) is 5.92 Å². The smallest absolute Gasteiger partial charge is 0.261 e. The molecule has 0 aliphatic carbocycles. The van der Waals surface area contributed by atoms with Gasteiger partial charge in [-0.3, -0.25) is 15.0 Å². The largest absolute Gasteiger partial charge is 0.353 e. The van der Waals surface area contributed by atoms with Crippen LogP contribution in [0.25, 0.3) is 50.0 Å². The first-order valence-electron chi connectivity index (χ1n) is 12.6. The highest BCUT2D eigenvalue weighted by molar-refractivity contribution is 5.99. The van der Waals surface area contributed by atoms with Crippen molar-refractivity contribution in [2.45, 2.75) is 25.8 Å². The molecule has 0 radical (unpaired) electrons. The summed E-state index contributed by atoms with van der Waals surface area (Å²) in [6.45, 7) is 2.63. The van der Waals surface area contributed by atoms with E-state index in [4.69, 9.17) is 0 Å². The fourth-order valence-corrected chi connectivity index (χ4v) is 5.38. The maximum Gasteiger partial charge on any atom is 0.261 e. The molecule has 5 heterocycles. The average Bonchev–Trinajstić information content (AvgIpc) is 3.69. The van der Waals surface area contributed by atoms with Gasteiger partial charge in [-0.05, 0) is 54.4 Å². The number of pyridine rings is 1. The molecule has 190 valence electrons. The highest BCUT2D eigenvalue weighted by Crippen LogP contribution is 2.34. The van der Waals surface area contributed by atoms with Gasteiger partial charge in [0.2, 0.25) is 0 Å². The average molecular weight is 510 g/mol. The van der Waals surface area contributed by atoms with Gasteiger partial charge in [0, 0.05) is 60.0 Å². The molecule has 4 aromatic heterocycles. The van der Waals surface area contributed by atoms with Crippen LogP contribution in [0.1, 0.15) is 17.7 Å². The number of aromatic nitrogens is 6. The Morgan fingerprint density at radius 2 is 1.92 bits per heavy atom. The van der Waals surface area contributed by atoms with Crippen molar-refractivity contribution >= 4 is 21.8 Å². The van der Waals surface area contributed by atoms with Crippen LogP contribution in [0, 0.1) is 6.92 Å². The van der Waals surface area contributed by atoms with E-state index in [2.05, 4.69) is 49.4 Å². The number of H-pyrrole nitrogens is 2. The van der Waals surface area contributed by atoms with Crippen LogP contribution in [0.5, 0.6) is 0 Å². The van der Waals surface area contributed by atoms with Crippen LogP contribution in [-0.4, -0.2) is 53.6 Å². The predicted octanol–water partition coefficient (Wildman–Crippen LogP) is 6.11. The Morgan fingerprint density at radius 1 is 1.00 bits per heavy atom. The molecular formula is C29H25F2N7. The standard InChI is InChI=1S/C29H25F2N7/c1-18-14-38(17-33-18)27-4-2-3-24-22(27)11-26(34-24)28-23-10-20(5-6-25(23)35-36-28)21-9-19(12-32-13-21)15-37-8-7-29(30,31)16-37/h2-6,9-14,17,34H,7-8,15-16H2,1H3,(H,35,36). The minimum Gasteiger partial charge on any atom is -0.353 e. The number of fused-ring (bicyclic) bond motifs is 2. The summed E-state index contributed by atoms with van der Waals surface area (Å²) in [6.07, 6.45) is 7.31. The monoisotopic (exact) mass is 509 g/mol. The van der Waals surface area contributed by atoms with Gasteiger partial charge in [0.15, 0.2) is 0 Å². The Morgan fingerprint density at radius 3 is 2.74 bits per heavy atom. The number of alkyl halides is 2. The molecule has 0 bridgehead atoms. The number of nitrogens with one attached hydrogen (secondary N) is 2. The van der Waals surface area contributed by atoms with Crippen molar-refractivity contribution in [1.29, 1.82) is 0 Å². The van der Waals surface area contributed by atoms with Crippen LogP contribution in [-0.2, 0) is 6.54 Å². The molecule has 1 saturated heterocycles. The van der Waals surface area contributed by atoms with Crippen LogP contribution in [0.4, 0.5) is 8.78 Å². The maximum absolute atomic E-state index is 13.6. The lowest BCUT2D eigenvalue weighted by Crippen LogP contribution is -2.24. The van der Waals surface area contributed by atoms with E-state index in [1.54, 1.807) is 11.1 Å². The van der Waals surface area contributed by atoms with Crippen LogP contribution in [0.3, 0.4) is 0 Å². The van der Waals surface area contributed by atoms with E-state index >= 15 is 0 Å². The van der Waals surface area contributed by atoms with Gasteiger partial charge in [-0.1, -0.05) is 12.1 Å². The highest BCUT2D eigenvalue weighted by Gasteiger charge is 2.37. The van der Waals surface area contributed by atoms with Gasteiger partial charge >= 0.3 is 0 Å². The number of aryl methyl sites for hydroxylation is 1. The zero-order valence-electron chi connectivity index (χ0n) is 20.7. The number of hydrogen-bond donors (Lipinski definition) is 2. The Balaban J connectivity index is 1.24. The van der Waals surface area contributed by atoms with Gasteiger partial charge in [0.1, 0.15) is 5.69 Å². The number of hydrogen-bond acceptors (Lipinski definition) is 4. The Bertz CT molecular complexity index is 1800. The second kappa shape index (κ2) is 8.59. The van der Waals surface area contributed by atoms with E-state index in [9.17, 15) is 8.78 Å². The van der Waals surface area contributed by atoms with Gasteiger partial charge in [0.05, 0.1) is 35.5 Å². The second-order valence-corrected chi connectivity index (χ2v) is 10.1. The normalized spacial score (nSPS) is 15.7. The number of nitrogens with zero attached hydrogens (tertiary/aromatic N) is 5. The Kier molecular flexibility index (Phi) is 5.16. The number of likely N-dealkylation sites (tertiary alicyclic amines) is 1. The molecule has 0 atom stereocenters. The lowest BCUT2D eigenvalue weighted by Gasteiger charge is -2.15. The molecule has 2 aromatic carbocycles. The van der Waals surface area contributed by atoms with Crippen molar-refractivity contribution in [2.75, 3.05) is 13.1 Å². The van der Waals surface area contributed by atoms with Gasteiger partial charge < -0.3 is 9.55 Å². The summed E-state index contributed by atoms with van der Waals surface area (Å²) in [6, 6.07) is 16.5. The van der Waals surface area contributed by atoms with E-state index in [0.717, 1.165) is 61.3 Å². The Hall–Kier alpha value is -4.37. The van der Waals surface area contributed by atoms with Crippen LogP contribution >= 0.6 is 0 Å². The first-order valence-corrected chi connectivity index (χ1v) is 12.6. The molecule has 0 saturated carbocycles. The van der Waals surface area contributed by atoms with Crippen molar-refractivity contribution in [3.8, 4) is 28.2 Å². The van der Waals surface area contributed by atoms with Crippen molar-refractivity contribution in [3.05, 3.63) is 84.7 Å². The van der Waals surface area contributed by atoms with E-state index in [-0.39, 0.29) is 13.0 Å². The lowest BCUT2D eigenvalue weighted by molar-refractivity contribution is 0.0115. The minimum atomic E-state index is -2.60. The first kappa shape index (κ1) is 22.8. The van der Waals surface area contributed by atoms with E-state index in [0.29, 0.717) is 13.1 Å². The van der Waals surface area contributed by atoms with Crippen LogP contribution < -0.4 is 0 Å². The van der Waals surface area contributed by atoms with E-state index < -0.39 is 5.92 Å². The topological polar surface area (TPSA) is 78.4 Å². The van der Waals surface area contributed by atoms with Crippen molar-refractivity contribution < 1.29 is 8.78 Å². The molecular weight excluding hydrogens is 484 g/mol. The fraction of sp³-hybridized carbons (Fsp3) is 0.207. The SMILES string of the molecule is Cc1cn(-c2cccc3[nH]c(-c4n[nH]c5ccc(-c6cncc(CN7CCC(F)(F)C7)c6)cc45)cc23)cn1. The van der Waals surface area contributed by atoms with Crippen molar-refractivity contribution in [3.63, 3.8) is 0 Å². The number of rotatable bonds is 5. The summed E-state index contributed by atoms with van der Waals surface area (Å²) >= 11 is 0. The minimum absolute atomic E-state index is 0.0860. The molecule has 1 aliphatic rings. The third-order valence-corrected chi connectivity index (χ3v) is 7.23. The molecule has 1 fully saturated rings. The highest BCUT2D eigenvalue weighted by atomic mass is 19.3. The number of halogens is 2. The zero-order chi connectivity index (χ0) is 25.9. The molecule has 0 unspecified atom stereocenters. The molecule has 1 aliphatic heterocycles. The summed E-state index contributed by atoms with van der Waals surface area (Å²) in [7, 11) is 0. The van der Waals surface area contributed by atoms with Crippen LogP contribution in [0.15, 0.2) is 73.4 Å². The zero-order valence-corrected chi connectivity index (χ0v) is 20.7. The number of imidazole rings is 1. The molecule has 7 rings (SSSR count). The van der Waals surface area contributed by atoms with Gasteiger partial charge in [-0.2, -0.15) is 5.10 Å². The molecule has 7 nitrogen and oxygen atoms in total. The quantitative estimate of drug-likeness (QED) is 0.294. The number of benzene rings is 2. The summed E-state index contributed by atoms with van der Waals surface area (Å²) in [5.41, 5.74) is 8.54. The molecule has 9 heteroatoms. The van der Waals surface area contributed by atoms with Gasteiger partial charge in [-0.15, -0.1) is 0 Å². The number of aromatic amines is 2. The van der Waals surface area contributed by atoms with E-state index in [1.165, 1.54) is 0 Å². The molecule has 0 spiro atoms. The summed E-state index contributed by atoms with van der Waals surface area (Å²) in [5.74, 6) is -2.60. The van der Waals surface area contributed by atoms with Crippen molar-refractivity contribution in [2.24, 2.45) is 0 Å². The van der Waals surface area contributed by atoms with Crippen molar-refractivity contribution in [1.82, 2.24) is 34.6 Å². The third kappa shape index (κ3) is 4.05. The lowest BCUT2D eigenvalue weighted by atomic mass is 10.0. The molecule has 0 amide bonds. The molecule has 38 heavy (non-hydrogen) atoms. The summed E-state index contributed by atoms with van der Waals surface area (Å²) in [5, 5.41) is 9.85. The van der Waals surface area contributed by atoms with Crippen LogP contribution in [0.2, 0.25) is 0 Å². The second-order valence-electron chi connectivity index (χ2n) is 10.1. The van der Waals surface area contributed by atoms with Gasteiger partial charge in [-0.25, -0.2) is 13.8 Å². The Labute approximate surface area is 217 Å². The fourth-order valence-electron chi connectivity index (χ4n) is 5.38. The first-order chi connectivity index (χ1) is 18.4. The maximum atomic E-state index is 13.6. The predicted molar refractivity (Wildman–Crippen MR) is 143 cm³/mol. The molecule has 6 aromatic rings. The summed E-state index contributed by atoms with van der Waals surface area (Å²) < 4.78 is 29.3. The van der Waals surface area contributed by atoms with E-state index in [1.807, 2.05) is 54.5 Å². The third-order valence-electron chi connectivity index (χ3n) is 7.23.